The van der Waals surface area contributed by atoms with Crippen LogP contribution in [0.5, 0.6) is 0 Å². The highest BCUT2D eigenvalue weighted by molar-refractivity contribution is 6.20. The maximum atomic E-state index is 6.05. The van der Waals surface area contributed by atoms with Crippen LogP contribution < -0.4 is 4.90 Å². The first-order valence-electron chi connectivity index (χ1n) is 6.36. The summed E-state index contributed by atoms with van der Waals surface area (Å²) in [5, 5.41) is 0.136. The van der Waals surface area contributed by atoms with Crippen molar-refractivity contribution in [1.29, 1.82) is 0 Å². The van der Waals surface area contributed by atoms with Crippen molar-refractivity contribution >= 4 is 17.4 Å². The fourth-order valence-corrected chi connectivity index (χ4v) is 2.68. The predicted molar refractivity (Wildman–Crippen MR) is 71.9 cm³/mol. The molecule has 0 saturated heterocycles. The van der Waals surface area contributed by atoms with Gasteiger partial charge in [-0.2, -0.15) is 0 Å². The molecule has 3 nitrogen and oxygen atoms in total. The highest BCUT2D eigenvalue weighted by Gasteiger charge is 2.17. The van der Waals surface area contributed by atoms with Crippen LogP contribution in [0.25, 0.3) is 0 Å². The lowest BCUT2D eigenvalue weighted by Gasteiger charge is -2.22. The number of fused-ring (bicyclic) bond motifs is 1. The van der Waals surface area contributed by atoms with E-state index in [1.165, 1.54) is 30.5 Å². The summed E-state index contributed by atoms with van der Waals surface area (Å²) >= 11 is 6.05. The molecule has 1 aromatic rings. The van der Waals surface area contributed by atoms with Gasteiger partial charge in [0.05, 0.1) is 0 Å². The summed E-state index contributed by atoms with van der Waals surface area (Å²) in [5.74, 6) is 1.07. The molecule has 0 aromatic carbocycles. The fraction of sp³-hybridized carbons (Fsp3) is 0.692. The number of halogens is 1. The van der Waals surface area contributed by atoms with Crippen LogP contribution in [0.15, 0.2) is 6.33 Å². The largest absolute Gasteiger partial charge is 0.358 e. The zero-order chi connectivity index (χ0) is 12.3. The molecule has 0 spiro atoms. The Morgan fingerprint density at radius 2 is 2.06 bits per heavy atom. The number of hydrogen-bond acceptors (Lipinski definition) is 3. The molecule has 1 unspecified atom stereocenters. The van der Waals surface area contributed by atoms with E-state index < -0.39 is 0 Å². The third kappa shape index (κ3) is 3.09. The Bertz CT molecular complexity index is 379. The Hall–Kier alpha value is -0.830. The van der Waals surface area contributed by atoms with Crippen LogP contribution in [-0.4, -0.2) is 28.9 Å². The molecule has 1 aromatic heterocycles. The lowest BCUT2D eigenvalue weighted by atomic mass is 10.1. The molecule has 0 N–H and O–H groups in total. The lowest BCUT2D eigenvalue weighted by molar-refractivity contribution is 0.708. The van der Waals surface area contributed by atoms with Gasteiger partial charge in [-0.1, -0.05) is 6.42 Å². The van der Waals surface area contributed by atoms with E-state index in [1.807, 2.05) is 6.92 Å². The first kappa shape index (κ1) is 12.6. The Labute approximate surface area is 108 Å². The summed E-state index contributed by atoms with van der Waals surface area (Å²) < 4.78 is 0. The SMILES string of the molecule is CC(Cl)CN(C)c1ncnc2c1CCCCC2. The number of anilines is 1. The molecule has 4 heteroatoms. The summed E-state index contributed by atoms with van der Waals surface area (Å²) in [6, 6.07) is 0. The van der Waals surface area contributed by atoms with E-state index in [2.05, 4.69) is 21.9 Å². The molecule has 1 aliphatic rings. The second kappa shape index (κ2) is 5.67. The van der Waals surface area contributed by atoms with E-state index in [4.69, 9.17) is 11.6 Å². The quantitative estimate of drug-likeness (QED) is 0.613. The minimum absolute atomic E-state index is 0.136. The van der Waals surface area contributed by atoms with E-state index in [9.17, 15) is 0 Å². The number of alkyl halides is 1. The van der Waals surface area contributed by atoms with Crippen LogP contribution in [0.1, 0.15) is 37.4 Å². The molecular weight excluding hydrogens is 234 g/mol. The van der Waals surface area contributed by atoms with Crippen molar-refractivity contribution in [3.8, 4) is 0 Å². The Kier molecular flexibility index (Phi) is 4.21. The van der Waals surface area contributed by atoms with Gasteiger partial charge in [-0.15, -0.1) is 11.6 Å². The smallest absolute Gasteiger partial charge is 0.135 e. The highest BCUT2D eigenvalue weighted by Crippen LogP contribution is 2.26. The summed E-state index contributed by atoms with van der Waals surface area (Å²) in [7, 11) is 2.06. The summed E-state index contributed by atoms with van der Waals surface area (Å²) in [4.78, 5) is 11.0. The van der Waals surface area contributed by atoms with Crippen molar-refractivity contribution in [2.75, 3.05) is 18.5 Å². The maximum absolute atomic E-state index is 6.05. The fourth-order valence-electron chi connectivity index (χ4n) is 2.47. The van der Waals surface area contributed by atoms with E-state index in [0.29, 0.717) is 0 Å². The van der Waals surface area contributed by atoms with Crippen LogP contribution >= 0.6 is 11.6 Å². The van der Waals surface area contributed by atoms with Gasteiger partial charge in [-0.05, 0) is 32.6 Å². The minimum atomic E-state index is 0.136. The first-order chi connectivity index (χ1) is 8.18. The van der Waals surface area contributed by atoms with Crippen molar-refractivity contribution in [3.05, 3.63) is 17.6 Å². The second-order valence-electron chi connectivity index (χ2n) is 4.84. The van der Waals surface area contributed by atoms with E-state index in [1.54, 1.807) is 6.33 Å². The number of nitrogens with zero attached hydrogens (tertiary/aromatic N) is 3. The molecule has 0 amide bonds. The molecule has 1 aliphatic carbocycles. The van der Waals surface area contributed by atoms with Gasteiger partial charge < -0.3 is 4.90 Å². The average Bonchev–Trinajstić information content (AvgIpc) is 2.52. The van der Waals surface area contributed by atoms with Crippen molar-refractivity contribution in [2.45, 2.75) is 44.4 Å². The molecule has 0 radical (unpaired) electrons. The molecule has 0 saturated carbocycles. The van der Waals surface area contributed by atoms with Crippen LogP contribution in [0.3, 0.4) is 0 Å². The highest BCUT2D eigenvalue weighted by atomic mass is 35.5. The molecular formula is C13H20ClN3. The molecule has 94 valence electrons. The zero-order valence-electron chi connectivity index (χ0n) is 10.6. The van der Waals surface area contributed by atoms with E-state index >= 15 is 0 Å². The van der Waals surface area contributed by atoms with Crippen LogP contribution in [0.4, 0.5) is 5.82 Å². The zero-order valence-corrected chi connectivity index (χ0v) is 11.4. The summed E-state index contributed by atoms with van der Waals surface area (Å²) in [5.41, 5.74) is 2.58. The molecule has 1 heterocycles. The van der Waals surface area contributed by atoms with Gasteiger partial charge in [-0.3, -0.25) is 0 Å². The molecule has 0 bridgehead atoms. The molecule has 0 aliphatic heterocycles. The first-order valence-corrected chi connectivity index (χ1v) is 6.80. The van der Waals surface area contributed by atoms with Crippen LogP contribution in [0.2, 0.25) is 0 Å². The van der Waals surface area contributed by atoms with Gasteiger partial charge in [-0.25, -0.2) is 9.97 Å². The Balaban J connectivity index is 2.27. The van der Waals surface area contributed by atoms with Gasteiger partial charge in [0.25, 0.3) is 0 Å². The van der Waals surface area contributed by atoms with Gasteiger partial charge >= 0.3 is 0 Å². The van der Waals surface area contributed by atoms with Crippen molar-refractivity contribution in [3.63, 3.8) is 0 Å². The molecule has 1 atom stereocenters. The topological polar surface area (TPSA) is 29.0 Å². The van der Waals surface area contributed by atoms with E-state index in [0.717, 1.165) is 25.2 Å². The molecule has 17 heavy (non-hydrogen) atoms. The Morgan fingerprint density at radius 1 is 1.29 bits per heavy atom. The van der Waals surface area contributed by atoms with Gasteiger partial charge in [0.1, 0.15) is 12.1 Å². The van der Waals surface area contributed by atoms with Crippen molar-refractivity contribution < 1.29 is 0 Å². The monoisotopic (exact) mass is 253 g/mol. The summed E-state index contributed by atoms with van der Waals surface area (Å²) in [6.07, 6.45) is 7.68. The van der Waals surface area contributed by atoms with Gasteiger partial charge in [0.2, 0.25) is 0 Å². The number of aryl methyl sites for hydroxylation is 1. The second-order valence-corrected chi connectivity index (χ2v) is 5.59. The number of aromatic nitrogens is 2. The predicted octanol–water partition coefficient (Wildman–Crippen LogP) is 2.81. The average molecular weight is 254 g/mol. The maximum Gasteiger partial charge on any atom is 0.135 e. The van der Waals surface area contributed by atoms with Crippen LogP contribution in [-0.2, 0) is 12.8 Å². The van der Waals surface area contributed by atoms with Gasteiger partial charge in [0.15, 0.2) is 0 Å². The normalized spacial score (nSPS) is 17.1. The molecule has 2 rings (SSSR count). The Morgan fingerprint density at radius 3 is 2.82 bits per heavy atom. The lowest BCUT2D eigenvalue weighted by Crippen LogP contribution is -2.26. The molecule has 0 fully saturated rings. The standard InChI is InChI=1S/C13H20ClN3/c1-10(14)8-17(2)13-11-6-4-3-5-7-12(11)15-9-16-13/h9-10H,3-8H2,1-2H3. The minimum Gasteiger partial charge on any atom is -0.358 e. The van der Waals surface area contributed by atoms with Crippen molar-refractivity contribution in [2.24, 2.45) is 0 Å². The summed E-state index contributed by atoms with van der Waals surface area (Å²) in [6.45, 7) is 2.84. The van der Waals surface area contributed by atoms with Gasteiger partial charge in [0, 0.05) is 30.2 Å². The van der Waals surface area contributed by atoms with E-state index in [-0.39, 0.29) is 5.38 Å². The number of rotatable bonds is 3. The third-order valence-corrected chi connectivity index (χ3v) is 3.38. The van der Waals surface area contributed by atoms with Crippen molar-refractivity contribution in [1.82, 2.24) is 9.97 Å². The third-order valence-electron chi connectivity index (χ3n) is 3.24. The van der Waals surface area contributed by atoms with Crippen LogP contribution in [0, 0.1) is 0 Å². The number of hydrogen-bond donors (Lipinski definition) is 0.